The zero-order valence-electron chi connectivity index (χ0n) is 13.1. The SMILES string of the molecule is COCCNCc1ccccc1N1CC(C)CCC1C. The van der Waals surface area contributed by atoms with Crippen LogP contribution in [0.15, 0.2) is 24.3 Å². The lowest BCUT2D eigenvalue weighted by atomic mass is 9.93. The first-order valence-electron chi connectivity index (χ1n) is 7.76. The topological polar surface area (TPSA) is 24.5 Å². The van der Waals surface area contributed by atoms with Crippen molar-refractivity contribution in [3.05, 3.63) is 29.8 Å². The molecule has 20 heavy (non-hydrogen) atoms. The van der Waals surface area contributed by atoms with Crippen LogP contribution in [0.25, 0.3) is 0 Å². The van der Waals surface area contributed by atoms with Crippen LogP contribution < -0.4 is 10.2 Å². The number of para-hydroxylation sites is 1. The van der Waals surface area contributed by atoms with E-state index in [2.05, 4.69) is 48.3 Å². The molecule has 0 aromatic heterocycles. The van der Waals surface area contributed by atoms with Crippen molar-refractivity contribution in [2.45, 2.75) is 39.3 Å². The summed E-state index contributed by atoms with van der Waals surface area (Å²) in [4.78, 5) is 2.58. The Morgan fingerprint density at radius 2 is 2.05 bits per heavy atom. The van der Waals surface area contributed by atoms with Gasteiger partial charge in [0, 0.05) is 38.5 Å². The summed E-state index contributed by atoms with van der Waals surface area (Å²) in [5.41, 5.74) is 2.79. The minimum absolute atomic E-state index is 0.645. The van der Waals surface area contributed by atoms with Gasteiger partial charge in [0.1, 0.15) is 0 Å². The van der Waals surface area contributed by atoms with Gasteiger partial charge in [0.25, 0.3) is 0 Å². The summed E-state index contributed by atoms with van der Waals surface area (Å²) in [5.74, 6) is 0.792. The van der Waals surface area contributed by atoms with Gasteiger partial charge >= 0.3 is 0 Å². The monoisotopic (exact) mass is 276 g/mol. The minimum Gasteiger partial charge on any atom is -0.383 e. The number of anilines is 1. The molecule has 0 aliphatic carbocycles. The third-order valence-corrected chi connectivity index (χ3v) is 4.22. The Kier molecular flexibility index (Phi) is 5.86. The van der Waals surface area contributed by atoms with Gasteiger partial charge in [0.15, 0.2) is 0 Å². The summed E-state index contributed by atoms with van der Waals surface area (Å²) in [7, 11) is 1.74. The first-order chi connectivity index (χ1) is 9.72. The largest absolute Gasteiger partial charge is 0.383 e. The van der Waals surface area contributed by atoms with Crippen LogP contribution in [0.4, 0.5) is 5.69 Å². The van der Waals surface area contributed by atoms with Crippen molar-refractivity contribution in [3.8, 4) is 0 Å². The molecule has 1 heterocycles. The molecule has 1 aliphatic heterocycles. The van der Waals surface area contributed by atoms with E-state index in [4.69, 9.17) is 4.74 Å². The molecule has 0 saturated carbocycles. The fraction of sp³-hybridized carbons (Fsp3) is 0.647. The summed E-state index contributed by atoms with van der Waals surface area (Å²) in [6, 6.07) is 9.43. The molecular formula is C17H28N2O. The van der Waals surface area contributed by atoms with Crippen molar-refractivity contribution >= 4 is 5.69 Å². The first kappa shape index (κ1) is 15.3. The molecule has 3 nitrogen and oxygen atoms in total. The highest BCUT2D eigenvalue weighted by Crippen LogP contribution is 2.29. The molecular weight excluding hydrogens is 248 g/mol. The number of piperidine rings is 1. The summed E-state index contributed by atoms with van der Waals surface area (Å²) in [5, 5.41) is 3.46. The number of nitrogens with one attached hydrogen (secondary N) is 1. The Morgan fingerprint density at radius 1 is 1.25 bits per heavy atom. The molecule has 2 atom stereocenters. The van der Waals surface area contributed by atoms with E-state index in [-0.39, 0.29) is 0 Å². The molecule has 1 fully saturated rings. The molecule has 1 saturated heterocycles. The zero-order valence-corrected chi connectivity index (χ0v) is 13.1. The summed E-state index contributed by atoms with van der Waals surface area (Å²) < 4.78 is 5.08. The Bertz CT molecular complexity index is 408. The van der Waals surface area contributed by atoms with Crippen LogP contribution in [0.2, 0.25) is 0 Å². The van der Waals surface area contributed by atoms with Gasteiger partial charge in [0.05, 0.1) is 6.61 Å². The van der Waals surface area contributed by atoms with E-state index in [1.165, 1.54) is 30.6 Å². The third kappa shape index (κ3) is 3.97. The van der Waals surface area contributed by atoms with Gasteiger partial charge in [-0.1, -0.05) is 25.1 Å². The van der Waals surface area contributed by atoms with Crippen LogP contribution in [0, 0.1) is 5.92 Å². The van der Waals surface area contributed by atoms with Crippen LogP contribution in [0.5, 0.6) is 0 Å². The predicted octanol–water partition coefficient (Wildman–Crippen LogP) is 3.05. The van der Waals surface area contributed by atoms with Crippen molar-refractivity contribution in [1.29, 1.82) is 0 Å². The van der Waals surface area contributed by atoms with E-state index in [1.807, 2.05) is 0 Å². The molecule has 1 aromatic rings. The average Bonchev–Trinajstić information content (AvgIpc) is 2.47. The van der Waals surface area contributed by atoms with E-state index in [0.29, 0.717) is 6.04 Å². The molecule has 1 aliphatic rings. The molecule has 3 heteroatoms. The maximum absolute atomic E-state index is 5.08. The van der Waals surface area contributed by atoms with E-state index in [9.17, 15) is 0 Å². The fourth-order valence-corrected chi connectivity index (χ4v) is 2.96. The second kappa shape index (κ2) is 7.65. The van der Waals surface area contributed by atoms with Crippen molar-refractivity contribution in [2.24, 2.45) is 5.92 Å². The van der Waals surface area contributed by atoms with E-state index < -0.39 is 0 Å². The van der Waals surface area contributed by atoms with Gasteiger partial charge in [-0.3, -0.25) is 0 Å². The number of ether oxygens (including phenoxy) is 1. The second-order valence-corrected chi connectivity index (χ2v) is 5.98. The van der Waals surface area contributed by atoms with Gasteiger partial charge in [-0.25, -0.2) is 0 Å². The number of hydrogen-bond acceptors (Lipinski definition) is 3. The van der Waals surface area contributed by atoms with Gasteiger partial charge in [-0.05, 0) is 37.3 Å². The van der Waals surface area contributed by atoms with Crippen LogP contribution in [-0.4, -0.2) is 32.8 Å². The Hall–Kier alpha value is -1.06. The standard InChI is InChI=1S/C17H28N2O/c1-14-8-9-15(2)19(13-14)17-7-5-4-6-16(17)12-18-10-11-20-3/h4-7,14-15,18H,8-13H2,1-3H3. The highest BCUT2D eigenvalue weighted by molar-refractivity contribution is 5.54. The van der Waals surface area contributed by atoms with Gasteiger partial charge in [-0.2, -0.15) is 0 Å². The second-order valence-electron chi connectivity index (χ2n) is 5.98. The number of nitrogens with zero attached hydrogens (tertiary/aromatic N) is 1. The van der Waals surface area contributed by atoms with Crippen molar-refractivity contribution in [1.82, 2.24) is 5.32 Å². The molecule has 0 bridgehead atoms. The van der Waals surface area contributed by atoms with E-state index >= 15 is 0 Å². The zero-order chi connectivity index (χ0) is 14.4. The summed E-state index contributed by atoms with van der Waals surface area (Å²) in [6.07, 6.45) is 2.65. The van der Waals surface area contributed by atoms with Gasteiger partial charge in [0.2, 0.25) is 0 Å². The Balaban J connectivity index is 2.06. The number of rotatable bonds is 6. The summed E-state index contributed by atoms with van der Waals surface area (Å²) >= 11 is 0. The van der Waals surface area contributed by atoms with Crippen LogP contribution in [-0.2, 0) is 11.3 Å². The van der Waals surface area contributed by atoms with Crippen molar-refractivity contribution in [3.63, 3.8) is 0 Å². The Labute approximate surface area is 123 Å². The molecule has 1 aromatic carbocycles. The molecule has 112 valence electrons. The van der Waals surface area contributed by atoms with Gasteiger partial charge < -0.3 is 15.0 Å². The normalized spacial score (nSPS) is 23.1. The lowest BCUT2D eigenvalue weighted by molar-refractivity contribution is 0.199. The maximum atomic E-state index is 5.08. The molecule has 2 unspecified atom stereocenters. The first-order valence-corrected chi connectivity index (χ1v) is 7.76. The highest BCUT2D eigenvalue weighted by atomic mass is 16.5. The lowest BCUT2D eigenvalue weighted by Gasteiger charge is -2.39. The molecule has 2 rings (SSSR count). The molecule has 0 amide bonds. The highest BCUT2D eigenvalue weighted by Gasteiger charge is 2.24. The quantitative estimate of drug-likeness (QED) is 0.808. The fourth-order valence-electron chi connectivity index (χ4n) is 2.96. The van der Waals surface area contributed by atoms with Crippen molar-refractivity contribution in [2.75, 3.05) is 31.7 Å². The molecule has 1 N–H and O–H groups in total. The van der Waals surface area contributed by atoms with Gasteiger partial charge in [-0.15, -0.1) is 0 Å². The lowest BCUT2D eigenvalue weighted by Crippen LogP contribution is -2.41. The number of methoxy groups -OCH3 is 1. The smallest absolute Gasteiger partial charge is 0.0587 e. The number of hydrogen-bond donors (Lipinski definition) is 1. The van der Waals surface area contributed by atoms with Crippen LogP contribution in [0.1, 0.15) is 32.3 Å². The van der Waals surface area contributed by atoms with Crippen molar-refractivity contribution < 1.29 is 4.74 Å². The third-order valence-electron chi connectivity index (χ3n) is 4.22. The number of benzene rings is 1. The van der Waals surface area contributed by atoms with Crippen LogP contribution >= 0.6 is 0 Å². The van der Waals surface area contributed by atoms with E-state index in [1.54, 1.807) is 7.11 Å². The maximum Gasteiger partial charge on any atom is 0.0587 e. The minimum atomic E-state index is 0.645. The average molecular weight is 276 g/mol. The van der Waals surface area contributed by atoms with Crippen LogP contribution in [0.3, 0.4) is 0 Å². The predicted molar refractivity (Wildman–Crippen MR) is 85.2 cm³/mol. The molecule has 0 radical (unpaired) electrons. The molecule has 0 spiro atoms. The van der Waals surface area contributed by atoms with E-state index in [0.717, 1.165) is 25.6 Å². The summed E-state index contributed by atoms with van der Waals surface area (Å²) in [6.45, 7) is 8.46. The Morgan fingerprint density at radius 3 is 2.85 bits per heavy atom.